The Morgan fingerprint density at radius 1 is 1.24 bits per heavy atom. The number of fused-ring (bicyclic) bond motifs is 1. The Balaban J connectivity index is 1.48. The quantitative estimate of drug-likeness (QED) is 0.555. The molecule has 0 aliphatic carbocycles. The zero-order valence-electron chi connectivity index (χ0n) is 16.4. The first kappa shape index (κ1) is 17.7. The summed E-state index contributed by atoms with van der Waals surface area (Å²) in [6.07, 6.45) is 4.21. The highest BCUT2D eigenvalue weighted by atomic mass is 16.5. The third-order valence-electron chi connectivity index (χ3n) is 5.16. The van der Waals surface area contributed by atoms with Gasteiger partial charge in [0, 0.05) is 31.1 Å². The Bertz CT molecular complexity index is 1140. The lowest BCUT2D eigenvalue weighted by atomic mass is 10.1. The van der Waals surface area contributed by atoms with Crippen LogP contribution in [0.4, 0.5) is 5.82 Å². The van der Waals surface area contributed by atoms with E-state index in [4.69, 9.17) is 4.52 Å². The predicted molar refractivity (Wildman–Crippen MR) is 109 cm³/mol. The van der Waals surface area contributed by atoms with E-state index in [1.165, 1.54) is 6.42 Å². The normalized spacial score (nSPS) is 16.6. The van der Waals surface area contributed by atoms with E-state index in [1.807, 2.05) is 60.2 Å². The number of pyridine rings is 1. The summed E-state index contributed by atoms with van der Waals surface area (Å²) in [5, 5.41) is 17.1. The first-order valence-electron chi connectivity index (χ1n) is 9.72. The van der Waals surface area contributed by atoms with Crippen molar-refractivity contribution in [2.24, 2.45) is 0 Å². The average molecular weight is 390 g/mol. The topological polar surface area (TPSA) is 97.8 Å². The molecule has 1 fully saturated rings. The molecule has 148 valence electrons. The Morgan fingerprint density at radius 2 is 2.14 bits per heavy atom. The van der Waals surface area contributed by atoms with E-state index in [-0.39, 0.29) is 0 Å². The van der Waals surface area contributed by atoms with Crippen molar-refractivity contribution in [3.63, 3.8) is 0 Å². The molecule has 0 spiro atoms. The molecule has 9 nitrogen and oxygen atoms in total. The summed E-state index contributed by atoms with van der Waals surface area (Å²) in [4.78, 5) is 11.2. The highest BCUT2D eigenvalue weighted by Gasteiger charge is 2.19. The molecular weight excluding hydrogens is 368 g/mol. The van der Waals surface area contributed by atoms with Crippen molar-refractivity contribution in [1.29, 1.82) is 0 Å². The highest BCUT2D eigenvalue weighted by molar-refractivity contribution is 5.94. The van der Waals surface area contributed by atoms with Gasteiger partial charge in [-0.15, -0.1) is 5.10 Å². The van der Waals surface area contributed by atoms with Gasteiger partial charge in [-0.25, -0.2) is 4.98 Å². The van der Waals surface area contributed by atoms with E-state index in [0.29, 0.717) is 23.5 Å². The smallest absolute Gasteiger partial charge is 0.280 e. The van der Waals surface area contributed by atoms with Crippen LogP contribution in [0.5, 0.6) is 0 Å². The van der Waals surface area contributed by atoms with E-state index in [0.717, 1.165) is 41.8 Å². The van der Waals surface area contributed by atoms with Gasteiger partial charge in [0.05, 0.1) is 18.3 Å². The number of rotatable bonds is 5. The van der Waals surface area contributed by atoms with Gasteiger partial charge in [-0.3, -0.25) is 4.68 Å². The fraction of sp³-hybridized carbons (Fsp3) is 0.350. The number of benzene rings is 1. The molecule has 0 bridgehead atoms. The van der Waals surface area contributed by atoms with E-state index < -0.39 is 0 Å². The van der Waals surface area contributed by atoms with Gasteiger partial charge >= 0.3 is 0 Å². The lowest BCUT2D eigenvalue weighted by Crippen LogP contribution is -2.26. The van der Waals surface area contributed by atoms with Crippen LogP contribution in [0.25, 0.3) is 33.9 Å². The minimum absolute atomic E-state index is 0.359. The van der Waals surface area contributed by atoms with Gasteiger partial charge in [-0.05, 0) is 31.5 Å². The fourth-order valence-corrected chi connectivity index (χ4v) is 3.64. The summed E-state index contributed by atoms with van der Waals surface area (Å²) in [6.45, 7) is 1.85. The van der Waals surface area contributed by atoms with Crippen LogP contribution in [0.3, 0.4) is 0 Å². The van der Waals surface area contributed by atoms with Crippen molar-refractivity contribution in [2.45, 2.75) is 25.4 Å². The SMILES string of the molecule is CN(C)c1cc(-c2noc(-c3cn(CC4CCCN4)nn3)n2)c2ccccc2n1. The summed E-state index contributed by atoms with van der Waals surface area (Å²) in [5.74, 6) is 1.70. The Kier molecular flexibility index (Phi) is 4.44. The molecule has 1 unspecified atom stereocenters. The van der Waals surface area contributed by atoms with E-state index in [2.05, 4.69) is 30.8 Å². The van der Waals surface area contributed by atoms with Crippen LogP contribution in [0.1, 0.15) is 12.8 Å². The summed E-state index contributed by atoms with van der Waals surface area (Å²) < 4.78 is 7.34. The van der Waals surface area contributed by atoms with Crippen LogP contribution in [0.15, 0.2) is 41.1 Å². The molecule has 4 heterocycles. The molecular formula is C20H22N8O. The van der Waals surface area contributed by atoms with Crippen LogP contribution < -0.4 is 10.2 Å². The van der Waals surface area contributed by atoms with Gasteiger partial charge in [0.15, 0.2) is 5.69 Å². The van der Waals surface area contributed by atoms with Crippen LogP contribution in [-0.4, -0.2) is 56.8 Å². The summed E-state index contributed by atoms with van der Waals surface area (Å²) in [6, 6.07) is 10.4. The van der Waals surface area contributed by atoms with Crippen LogP contribution in [0.2, 0.25) is 0 Å². The molecule has 5 rings (SSSR count). The Hall–Kier alpha value is -3.33. The van der Waals surface area contributed by atoms with Gasteiger partial charge in [-0.2, -0.15) is 4.98 Å². The zero-order chi connectivity index (χ0) is 19.8. The van der Waals surface area contributed by atoms with Gasteiger partial charge < -0.3 is 14.7 Å². The highest BCUT2D eigenvalue weighted by Crippen LogP contribution is 2.30. The molecule has 1 aliphatic rings. The van der Waals surface area contributed by atoms with Crippen LogP contribution in [-0.2, 0) is 6.54 Å². The number of hydrogen-bond acceptors (Lipinski definition) is 8. The standard InChI is InChI=1S/C20H22N8O/c1-27(2)18-10-15(14-7-3-4-8-16(14)22-18)19-23-20(29-25-19)17-12-28(26-24-17)11-13-6-5-9-21-13/h3-4,7-8,10,12-13,21H,5-6,9,11H2,1-2H3. The lowest BCUT2D eigenvalue weighted by Gasteiger charge is -2.13. The second kappa shape index (κ2) is 7.25. The molecule has 4 aromatic rings. The number of para-hydroxylation sites is 1. The molecule has 29 heavy (non-hydrogen) atoms. The van der Waals surface area contributed by atoms with Crippen molar-refractivity contribution in [1.82, 2.24) is 35.4 Å². The van der Waals surface area contributed by atoms with Crippen LogP contribution >= 0.6 is 0 Å². The van der Waals surface area contributed by atoms with Crippen molar-refractivity contribution < 1.29 is 4.52 Å². The fourth-order valence-electron chi connectivity index (χ4n) is 3.64. The molecule has 0 saturated carbocycles. The summed E-state index contributed by atoms with van der Waals surface area (Å²) >= 11 is 0. The Labute approximate surface area is 167 Å². The third-order valence-corrected chi connectivity index (χ3v) is 5.16. The van der Waals surface area contributed by atoms with Gasteiger partial charge in [0.2, 0.25) is 5.82 Å². The maximum absolute atomic E-state index is 5.51. The van der Waals surface area contributed by atoms with Crippen molar-refractivity contribution in [3.8, 4) is 23.0 Å². The molecule has 3 aromatic heterocycles. The molecule has 0 amide bonds. The van der Waals surface area contributed by atoms with E-state index in [1.54, 1.807) is 0 Å². The summed E-state index contributed by atoms with van der Waals surface area (Å²) in [7, 11) is 3.92. The maximum atomic E-state index is 5.51. The van der Waals surface area contributed by atoms with Gasteiger partial charge in [0.25, 0.3) is 5.89 Å². The average Bonchev–Trinajstić information content (AvgIpc) is 3.49. The van der Waals surface area contributed by atoms with Gasteiger partial charge in [0.1, 0.15) is 5.82 Å². The number of nitrogens with one attached hydrogen (secondary N) is 1. The molecule has 1 aliphatic heterocycles. The van der Waals surface area contributed by atoms with E-state index in [9.17, 15) is 0 Å². The summed E-state index contributed by atoms with van der Waals surface area (Å²) in [5.41, 5.74) is 2.33. The minimum Gasteiger partial charge on any atom is -0.363 e. The molecule has 1 aromatic carbocycles. The minimum atomic E-state index is 0.359. The second-order valence-electron chi connectivity index (χ2n) is 7.48. The first-order chi connectivity index (χ1) is 14.2. The van der Waals surface area contributed by atoms with E-state index >= 15 is 0 Å². The monoisotopic (exact) mass is 390 g/mol. The number of anilines is 1. The molecule has 1 N–H and O–H groups in total. The molecule has 1 saturated heterocycles. The largest absolute Gasteiger partial charge is 0.363 e. The van der Waals surface area contributed by atoms with Crippen LogP contribution in [0, 0.1) is 0 Å². The number of nitrogens with zero attached hydrogens (tertiary/aromatic N) is 7. The number of aromatic nitrogens is 6. The number of hydrogen-bond donors (Lipinski definition) is 1. The molecule has 9 heteroatoms. The second-order valence-corrected chi connectivity index (χ2v) is 7.48. The predicted octanol–water partition coefficient (Wildman–Crippen LogP) is 2.36. The molecule has 0 radical (unpaired) electrons. The lowest BCUT2D eigenvalue weighted by molar-refractivity contribution is 0.431. The molecule has 1 atom stereocenters. The third kappa shape index (κ3) is 3.44. The van der Waals surface area contributed by atoms with Gasteiger partial charge in [-0.1, -0.05) is 28.6 Å². The first-order valence-corrected chi connectivity index (χ1v) is 9.72. The van der Waals surface area contributed by atoms with Crippen molar-refractivity contribution in [3.05, 3.63) is 36.5 Å². The van der Waals surface area contributed by atoms with Crippen molar-refractivity contribution >= 4 is 16.7 Å². The maximum Gasteiger partial charge on any atom is 0.280 e. The Morgan fingerprint density at radius 3 is 2.97 bits per heavy atom. The van der Waals surface area contributed by atoms with Crippen molar-refractivity contribution in [2.75, 3.05) is 25.5 Å². The zero-order valence-corrected chi connectivity index (χ0v) is 16.4.